The van der Waals surface area contributed by atoms with Crippen molar-refractivity contribution in [3.05, 3.63) is 59.6 Å². The predicted octanol–water partition coefficient (Wildman–Crippen LogP) is 2.47. The van der Waals surface area contributed by atoms with Gasteiger partial charge >= 0.3 is 0 Å². The standard InChI is InChI=1S/C19H18ClN7O2/c1-29-16-4-3-12(20)9-13(16)17-15(11-24-26(17)8-5-21)25-19(28)14-10-23-27-7-2-6-22-18(14)27/h2-4,6-7,9-11H,5,8,21H2,1H3,(H,25,28). The molecule has 9 nitrogen and oxygen atoms in total. The number of carbonyl (C=O) groups excluding carboxylic acids is 1. The summed E-state index contributed by atoms with van der Waals surface area (Å²) in [4.78, 5) is 17.2. The topological polar surface area (TPSA) is 112 Å². The van der Waals surface area contributed by atoms with E-state index in [4.69, 9.17) is 22.1 Å². The molecule has 3 heterocycles. The number of anilines is 1. The minimum Gasteiger partial charge on any atom is -0.496 e. The van der Waals surface area contributed by atoms with Crippen LogP contribution in [0.4, 0.5) is 5.69 Å². The Bertz CT molecular complexity index is 1180. The Morgan fingerprint density at radius 3 is 2.97 bits per heavy atom. The number of rotatable bonds is 6. The molecule has 0 saturated carbocycles. The largest absolute Gasteiger partial charge is 0.496 e. The maximum atomic E-state index is 12.9. The van der Waals surface area contributed by atoms with Gasteiger partial charge in [0.1, 0.15) is 11.3 Å². The summed E-state index contributed by atoms with van der Waals surface area (Å²) in [5.41, 5.74) is 8.38. The van der Waals surface area contributed by atoms with Gasteiger partial charge in [-0.1, -0.05) is 11.6 Å². The first-order valence-corrected chi connectivity index (χ1v) is 9.19. The molecule has 29 heavy (non-hydrogen) atoms. The quantitative estimate of drug-likeness (QED) is 0.504. The second-order valence-electron chi connectivity index (χ2n) is 6.16. The van der Waals surface area contributed by atoms with Crippen LogP contribution in [0.15, 0.2) is 49.1 Å². The Labute approximate surface area is 171 Å². The van der Waals surface area contributed by atoms with Gasteiger partial charge in [-0.3, -0.25) is 9.48 Å². The summed E-state index contributed by atoms with van der Waals surface area (Å²) < 4.78 is 8.72. The minimum absolute atomic E-state index is 0.348. The Hall–Kier alpha value is -3.43. The monoisotopic (exact) mass is 411 g/mol. The number of hydrogen-bond acceptors (Lipinski definition) is 6. The first-order valence-electron chi connectivity index (χ1n) is 8.82. The van der Waals surface area contributed by atoms with E-state index in [-0.39, 0.29) is 5.91 Å². The summed E-state index contributed by atoms with van der Waals surface area (Å²) >= 11 is 6.21. The third kappa shape index (κ3) is 3.53. The van der Waals surface area contributed by atoms with Crippen LogP contribution in [0.5, 0.6) is 5.75 Å². The number of hydrogen-bond donors (Lipinski definition) is 2. The highest BCUT2D eigenvalue weighted by Crippen LogP contribution is 2.37. The number of aromatic nitrogens is 5. The third-order valence-electron chi connectivity index (χ3n) is 4.37. The summed E-state index contributed by atoms with van der Waals surface area (Å²) in [6.07, 6.45) is 6.37. The lowest BCUT2D eigenvalue weighted by Gasteiger charge is -2.13. The lowest BCUT2D eigenvalue weighted by Crippen LogP contribution is -2.15. The summed E-state index contributed by atoms with van der Waals surface area (Å²) in [6, 6.07) is 6.99. The number of nitrogens with two attached hydrogens (primary N) is 1. The molecule has 1 amide bonds. The van der Waals surface area contributed by atoms with E-state index in [1.165, 1.54) is 10.7 Å². The number of amides is 1. The summed E-state index contributed by atoms with van der Waals surface area (Å²) in [5.74, 6) is 0.245. The highest BCUT2D eigenvalue weighted by Gasteiger charge is 2.21. The van der Waals surface area contributed by atoms with E-state index in [0.717, 1.165) is 0 Å². The fourth-order valence-corrected chi connectivity index (χ4v) is 3.27. The van der Waals surface area contributed by atoms with Crippen molar-refractivity contribution in [2.45, 2.75) is 6.54 Å². The summed E-state index contributed by atoms with van der Waals surface area (Å²) in [7, 11) is 1.57. The second kappa shape index (κ2) is 7.90. The number of fused-ring (bicyclic) bond motifs is 1. The number of nitrogens with one attached hydrogen (secondary N) is 1. The van der Waals surface area contributed by atoms with Gasteiger partial charge in [-0.2, -0.15) is 10.2 Å². The van der Waals surface area contributed by atoms with Gasteiger partial charge in [0.2, 0.25) is 0 Å². The van der Waals surface area contributed by atoms with Gasteiger partial charge in [0.25, 0.3) is 5.91 Å². The van der Waals surface area contributed by atoms with E-state index in [2.05, 4.69) is 20.5 Å². The van der Waals surface area contributed by atoms with Crippen LogP contribution in [0.1, 0.15) is 10.4 Å². The molecule has 0 aliphatic heterocycles. The molecule has 0 radical (unpaired) electrons. The van der Waals surface area contributed by atoms with E-state index >= 15 is 0 Å². The van der Waals surface area contributed by atoms with Crippen LogP contribution in [0.2, 0.25) is 5.02 Å². The van der Waals surface area contributed by atoms with Crippen LogP contribution in [0.25, 0.3) is 16.9 Å². The van der Waals surface area contributed by atoms with Crippen molar-refractivity contribution in [3.8, 4) is 17.0 Å². The van der Waals surface area contributed by atoms with Gasteiger partial charge in [0.05, 0.1) is 37.4 Å². The SMILES string of the molecule is COc1ccc(Cl)cc1-c1c(NC(=O)c2cnn3cccnc23)cnn1CCN. The number of halogens is 1. The predicted molar refractivity (Wildman–Crippen MR) is 109 cm³/mol. The van der Waals surface area contributed by atoms with Crippen LogP contribution >= 0.6 is 11.6 Å². The molecule has 4 rings (SSSR count). The molecule has 3 N–H and O–H groups in total. The highest BCUT2D eigenvalue weighted by molar-refractivity contribution is 6.31. The normalized spacial score (nSPS) is 11.0. The summed E-state index contributed by atoms with van der Waals surface area (Å²) in [6.45, 7) is 0.835. The van der Waals surface area contributed by atoms with E-state index in [9.17, 15) is 4.79 Å². The fourth-order valence-electron chi connectivity index (χ4n) is 3.10. The first-order chi connectivity index (χ1) is 14.1. The van der Waals surface area contributed by atoms with E-state index in [0.29, 0.717) is 52.0 Å². The lowest BCUT2D eigenvalue weighted by molar-refractivity contribution is 0.102. The molecular formula is C19H18ClN7O2. The third-order valence-corrected chi connectivity index (χ3v) is 4.60. The van der Waals surface area contributed by atoms with Crippen molar-refractivity contribution in [2.75, 3.05) is 19.0 Å². The van der Waals surface area contributed by atoms with Crippen LogP contribution in [0, 0.1) is 0 Å². The zero-order chi connectivity index (χ0) is 20.4. The van der Waals surface area contributed by atoms with Crippen LogP contribution in [-0.4, -0.2) is 43.9 Å². The van der Waals surface area contributed by atoms with Gasteiger partial charge < -0.3 is 15.8 Å². The molecule has 0 saturated heterocycles. The van der Waals surface area contributed by atoms with Gasteiger partial charge in [0.15, 0.2) is 5.65 Å². The first kappa shape index (κ1) is 18.9. The molecular weight excluding hydrogens is 394 g/mol. The average Bonchev–Trinajstić information content (AvgIpc) is 3.32. The Kier molecular flexibility index (Phi) is 5.15. The van der Waals surface area contributed by atoms with Crippen molar-refractivity contribution in [1.82, 2.24) is 24.4 Å². The van der Waals surface area contributed by atoms with Crippen molar-refractivity contribution in [3.63, 3.8) is 0 Å². The lowest BCUT2D eigenvalue weighted by atomic mass is 10.1. The summed E-state index contributed by atoms with van der Waals surface area (Å²) in [5, 5.41) is 12.0. The van der Waals surface area contributed by atoms with Crippen LogP contribution in [-0.2, 0) is 6.54 Å². The number of benzene rings is 1. The maximum Gasteiger partial charge on any atom is 0.261 e. The minimum atomic E-state index is -0.353. The van der Waals surface area contributed by atoms with Gasteiger partial charge in [0, 0.05) is 29.5 Å². The molecule has 1 aromatic carbocycles. The zero-order valence-electron chi connectivity index (χ0n) is 15.5. The van der Waals surface area contributed by atoms with Crippen LogP contribution in [0.3, 0.4) is 0 Å². The Balaban J connectivity index is 1.77. The molecule has 0 fully saturated rings. The maximum absolute atomic E-state index is 12.9. The molecule has 3 aromatic heterocycles. The Morgan fingerprint density at radius 2 is 2.17 bits per heavy atom. The molecule has 148 valence electrons. The van der Waals surface area contributed by atoms with E-state index < -0.39 is 0 Å². The smallest absolute Gasteiger partial charge is 0.261 e. The van der Waals surface area contributed by atoms with Gasteiger partial charge in [-0.15, -0.1) is 0 Å². The van der Waals surface area contributed by atoms with Crippen molar-refractivity contribution < 1.29 is 9.53 Å². The molecule has 0 aliphatic carbocycles. The second-order valence-corrected chi connectivity index (χ2v) is 6.60. The molecule has 4 aromatic rings. The molecule has 0 spiro atoms. The molecule has 0 aliphatic rings. The molecule has 0 bridgehead atoms. The van der Waals surface area contributed by atoms with Gasteiger partial charge in [-0.05, 0) is 24.3 Å². The highest BCUT2D eigenvalue weighted by atomic mass is 35.5. The van der Waals surface area contributed by atoms with Crippen molar-refractivity contribution in [1.29, 1.82) is 0 Å². The molecule has 0 unspecified atom stereocenters. The molecule has 10 heteroatoms. The number of ether oxygens (including phenoxy) is 1. The average molecular weight is 412 g/mol. The van der Waals surface area contributed by atoms with Crippen molar-refractivity contribution >= 4 is 28.8 Å². The van der Waals surface area contributed by atoms with Gasteiger partial charge in [-0.25, -0.2) is 9.50 Å². The fraction of sp³-hybridized carbons (Fsp3) is 0.158. The number of carbonyl (C=O) groups is 1. The van der Waals surface area contributed by atoms with Crippen molar-refractivity contribution in [2.24, 2.45) is 5.73 Å². The van der Waals surface area contributed by atoms with Crippen LogP contribution < -0.4 is 15.8 Å². The van der Waals surface area contributed by atoms with E-state index in [1.54, 1.807) is 54.6 Å². The van der Waals surface area contributed by atoms with E-state index in [1.807, 2.05) is 0 Å². The molecule has 0 atom stereocenters. The Morgan fingerprint density at radius 1 is 1.31 bits per heavy atom. The zero-order valence-corrected chi connectivity index (χ0v) is 16.3. The number of methoxy groups -OCH3 is 1. The number of nitrogens with zero attached hydrogens (tertiary/aromatic N) is 5.